The van der Waals surface area contributed by atoms with Crippen molar-refractivity contribution in [3.8, 4) is 5.75 Å². The Morgan fingerprint density at radius 2 is 2.29 bits per heavy atom. The second-order valence-electron chi connectivity index (χ2n) is 5.08. The molecule has 1 aromatic heterocycles. The van der Waals surface area contributed by atoms with Crippen molar-refractivity contribution in [1.82, 2.24) is 10.3 Å². The molecule has 6 heteroatoms. The highest BCUT2D eigenvalue weighted by molar-refractivity contribution is 7.09. The lowest BCUT2D eigenvalue weighted by Crippen LogP contribution is -2.28. The number of aryl methyl sites for hydroxylation is 1. The summed E-state index contributed by atoms with van der Waals surface area (Å²) in [5.74, 6) is 0.759. The maximum atomic E-state index is 6.20. The summed E-state index contributed by atoms with van der Waals surface area (Å²) in [6, 6.07) is 3.89. The number of fused-ring (bicyclic) bond motifs is 1. The summed E-state index contributed by atoms with van der Waals surface area (Å²) < 4.78 is 5.67. The van der Waals surface area contributed by atoms with E-state index < -0.39 is 0 Å². The predicted octanol–water partition coefficient (Wildman–Crippen LogP) is 4.41. The van der Waals surface area contributed by atoms with Crippen LogP contribution in [0.5, 0.6) is 5.75 Å². The molecular weight excluding hydrogens is 327 g/mol. The van der Waals surface area contributed by atoms with Crippen LogP contribution >= 0.6 is 34.5 Å². The van der Waals surface area contributed by atoms with Crippen molar-refractivity contribution in [2.24, 2.45) is 0 Å². The molecule has 112 valence electrons. The summed E-state index contributed by atoms with van der Waals surface area (Å²) in [4.78, 5) is 4.48. The molecule has 0 bridgehead atoms. The van der Waals surface area contributed by atoms with Gasteiger partial charge in [0.05, 0.1) is 16.6 Å². The summed E-state index contributed by atoms with van der Waals surface area (Å²) in [6.07, 6.45) is 1.85. The van der Waals surface area contributed by atoms with Crippen molar-refractivity contribution in [3.05, 3.63) is 43.8 Å². The zero-order valence-corrected chi connectivity index (χ0v) is 14.0. The highest BCUT2D eigenvalue weighted by Crippen LogP contribution is 2.39. The molecule has 0 fully saturated rings. The molecule has 1 aliphatic heterocycles. The van der Waals surface area contributed by atoms with Gasteiger partial charge >= 0.3 is 0 Å². The minimum atomic E-state index is 0.228. The van der Waals surface area contributed by atoms with Gasteiger partial charge in [0.2, 0.25) is 0 Å². The molecule has 3 rings (SSSR count). The van der Waals surface area contributed by atoms with Crippen molar-refractivity contribution in [1.29, 1.82) is 0 Å². The van der Waals surface area contributed by atoms with E-state index >= 15 is 0 Å². The number of nitrogens with one attached hydrogen (secondary N) is 1. The van der Waals surface area contributed by atoms with E-state index in [1.807, 2.05) is 13.0 Å². The average molecular weight is 343 g/mol. The Labute approximate surface area is 138 Å². The van der Waals surface area contributed by atoms with Crippen LogP contribution in [0.25, 0.3) is 0 Å². The van der Waals surface area contributed by atoms with E-state index in [1.165, 1.54) is 0 Å². The number of hydrogen-bond donors (Lipinski definition) is 1. The molecule has 1 aliphatic rings. The Bertz CT molecular complexity index is 645. The normalized spacial score (nSPS) is 17.4. The zero-order chi connectivity index (χ0) is 14.8. The van der Waals surface area contributed by atoms with E-state index in [1.54, 1.807) is 17.4 Å². The summed E-state index contributed by atoms with van der Waals surface area (Å²) >= 11 is 14.0. The van der Waals surface area contributed by atoms with Crippen LogP contribution in [0.4, 0.5) is 0 Å². The van der Waals surface area contributed by atoms with Crippen molar-refractivity contribution in [2.45, 2.75) is 25.8 Å². The fourth-order valence-corrected chi connectivity index (χ4v) is 3.85. The lowest BCUT2D eigenvalue weighted by atomic mass is 10.0. The van der Waals surface area contributed by atoms with E-state index in [9.17, 15) is 0 Å². The highest BCUT2D eigenvalue weighted by atomic mass is 35.5. The van der Waals surface area contributed by atoms with E-state index in [0.717, 1.165) is 41.4 Å². The molecule has 0 saturated heterocycles. The lowest BCUT2D eigenvalue weighted by molar-refractivity contribution is 0.253. The fraction of sp³-hybridized carbons (Fsp3) is 0.400. The van der Waals surface area contributed by atoms with Crippen LogP contribution in [-0.4, -0.2) is 18.1 Å². The largest absolute Gasteiger partial charge is 0.492 e. The molecule has 3 nitrogen and oxygen atoms in total. The summed E-state index contributed by atoms with van der Waals surface area (Å²) in [5.41, 5.74) is 2.14. The van der Waals surface area contributed by atoms with Gasteiger partial charge in [0.1, 0.15) is 5.75 Å². The molecule has 1 atom stereocenters. The van der Waals surface area contributed by atoms with Gasteiger partial charge in [0.25, 0.3) is 0 Å². The van der Waals surface area contributed by atoms with E-state index in [2.05, 4.69) is 15.7 Å². The summed E-state index contributed by atoms with van der Waals surface area (Å²) in [7, 11) is 0. The highest BCUT2D eigenvalue weighted by Gasteiger charge is 2.23. The fourth-order valence-electron chi connectivity index (χ4n) is 2.51. The summed E-state index contributed by atoms with van der Waals surface area (Å²) in [6.45, 7) is 3.57. The van der Waals surface area contributed by atoms with Crippen LogP contribution in [0.15, 0.2) is 17.5 Å². The van der Waals surface area contributed by atoms with Crippen molar-refractivity contribution in [2.75, 3.05) is 13.2 Å². The van der Waals surface area contributed by atoms with Crippen LogP contribution in [0.3, 0.4) is 0 Å². The number of hydrogen-bond acceptors (Lipinski definition) is 4. The Kier molecular flexibility index (Phi) is 4.69. The molecule has 0 saturated carbocycles. The van der Waals surface area contributed by atoms with Gasteiger partial charge in [-0.15, -0.1) is 11.3 Å². The molecule has 1 aromatic carbocycles. The minimum absolute atomic E-state index is 0.228. The predicted molar refractivity (Wildman–Crippen MR) is 87.9 cm³/mol. The number of nitrogens with zero attached hydrogens (tertiary/aromatic N) is 1. The van der Waals surface area contributed by atoms with Crippen LogP contribution in [0, 0.1) is 6.92 Å². The van der Waals surface area contributed by atoms with E-state index in [4.69, 9.17) is 27.9 Å². The maximum absolute atomic E-state index is 6.20. The molecule has 2 heterocycles. The van der Waals surface area contributed by atoms with Gasteiger partial charge < -0.3 is 10.1 Å². The van der Waals surface area contributed by atoms with Crippen LogP contribution in [0.2, 0.25) is 10.0 Å². The Hall–Kier alpha value is -0.810. The first-order valence-electron chi connectivity index (χ1n) is 6.89. The van der Waals surface area contributed by atoms with Crippen molar-refractivity contribution >= 4 is 34.5 Å². The minimum Gasteiger partial charge on any atom is -0.492 e. The first-order chi connectivity index (χ1) is 10.1. The molecule has 0 radical (unpaired) electrons. The first kappa shape index (κ1) is 15.1. The van der Waals surface area contributed by atoms with Gasteiger partial charge in [-0.1, -0.05) is 23.2 Å². The number of aromatic nitrogens is 1. The Morgan fingerprint density at radius 1 is 1.43 bits per heavy atom. The first-order valence-corrected chi connectivity index (χ1v) is 8.53. The van der Waals surface area contributed by atoms with Gasteiger partial charge in [0, 0.05) is 47.1 Å². The van der Waals surface area contributed by atoms with Gasteiger partial charge in [-0.05, 0) is 19.1 Å². The Morgan fingerprint density at radius 3 is 3.05 bits per heavy atom. The zero-order valence-electron chi connectivity index (χ0n) is 11.7. The topological polar surface area (TPSA) is 34.1 Å². The van der Waals surface area contributed by atoms with Crippen LogP contribution in [-0.2, 0) is 6.42 Å². The van der Waals surface area contributed by atoms with Crippen molar-refractivity contribution < 1.29 is 4.74 Å². The number of benzene rings is 1. The van der Waals surface area contributed by atoms with Gasteiger partial charge in [-0.2, -0.15) is 0 Å². The molecule has 2 aromatic rings. The monoisotopic (exact) mass is 342 g/mol. The van der Waals surface area contributed by atoms with Crippen LogP contribution < -0.4 is 10.1 Å². The number of thiazole rings is 1. The average Bonchev–Trinajstić information content (AvgIpc) is 2.85. The standard InChI is InChI=1S/C15H16Cl2N2OS/c1-9-8-21-14(19-9)2-4-18-13-3-5-20-15-11(13)6-10(16)7-12(15)17/h6-8,13,18H,2-5H2,1H3. The third kappa shape index (κ3) is 3.51. The second-order valence-corrected chi connectivity index (χ2v) is 6.87. The quantitative estimate of drug-likeness (QED) is 0.893. The smallest absolute Gasteiger partial charge is 0.142 e. The third-order valence-corrected chi connectivity index (χ3v) is 4.99. The number of ether oxygens (including phenoxy) is 1. The lowest BCUT2D eigenvalue weighted by Gasteiger charge is -2.27. The van der Waals surface area contributed by atoms with Crippen molar-refractivity contribution in [3.63, 3.8) is 0 Å². The molecule has 1 unspecified atom stereocenters. The third-order valence-electron chi connectivity index (χ3n) is 3.46. The second kappa shape index (κ2) is 6.53. The van der Waals surface area contributed by atoms with Crippen LogP contribution in [0.1, 0.15) is 28.7 Å². The number of rotatable bonds is 4. The van der Waals surface area contributed by atoms with E-state index in [-0.39, 0.29) is 6.04 Å². The van der Waals surface area contributed by atoms with Gasteiger partial charge in [-0.25, -0.2) is 4.98 Å². The molecular formula is C15H16Cl2N2OS. The van der Waals surface area contributed by atoms with Gasteiger partial charge in [0.15, 0.2) is 0 Å². The molecule has 21 heavy (non-hydrogen) atoms. The summed E-state index contributed by atoms with van der Waals surface area (Å²) in [5, 5.41) is 8.03. The van der Waals surface area contributed by atoms with E-state index in [0.29, 0.717) is 16.7 Å². The maximum Gasteiger partial charge on any atom is 0.142 e. The number of halogens is 2. The Balaban J connectivity index is 1.67. The SMILES string of the molecule is Cc1csc(CCNC2CCOc3c(Cl)cc(Cl)cc32)n1. The van der Waals surface area contributed by atoms with Gasteiger partial charge in [-0.3, -0.25) is 0 Å². The molecule has 0 amide bonds. The molecule has 1 N–H and O–H groups in total. The molecule has 0 spiro atoms. The molecule has 0 aliphatic carbocycles.